The van der Waals surface area contributed by atoms with E-state index in [2.05, 4.69) is 66.0 Å². The molecule has 2 aliphatic heterocycles. The van der Waals surface area contributed by atoms with Crippen LogP contribution in [-0.2, 0) is 9.59 Å². The molecule has 2 fully saturated rings. The van der Waals surface area contributed by atoms with Crippen LogP contribution < -0.4 is 10.6 Å². The van der Waals surface area contributed by atoms with Gasteiger partial charge in [-0.1, -0.05) is 0 Å². The van der Waals surface area contributed by atoms with E-state index >= 15 is 0 Å². The molecule has 30 heavy (non-hydrogen) atoms. The normalized spacial score (nSPS) is 25.5. The Morgan fingerprint density at radius 3 is 1.07 bits per heavy atom. The average Bonchev–Trinajstić information content (AvgIpc) is 2.43. The third-order valence-corrected chi connectivity index (χ3v) is 6.61. The SMILES string of the molecule is CC(=O)N(CCN(C(C)=O)C1CC(C)(C)NC(C)(C)C1)C1CC(C)(C)NC(C)(C)C1. The van der Waals surface area contributed by atoms with Gasteiger partial charge in [-0.25, -0.2) is 0 Å². The summed E-state index contributed by atoms with van der Waals surface area (Å²) in [6, 6.07) is 0.368. The topological polar surface area (TPSA) is 64.7 Å². The van der Waals surface area contributed by atoms with Crippen molar-refractivity contribution in [3.05, 3.63) is 0 Å². The van der Waals surface area contributed by atoms with Gasteiger partial charge in [-0.05, 0) is 81.1 Å². The first-order valence-corrected chi connectivity index (χ1v) is 11.6. The number of nitrogens with zero attached hydrogens (tertiary/aromatic N) is 2. The first-order chi connectivity index (χ1) is 13.4. The largest absolute Gasteiger partial charge is 0.338 e. The molecular weight excluding hydrogens is 376 g/mol. The minimum absolute atomic E-state index is 0.0243. The number of carbonyl (C=O) groups excluding carboxylic acids is 2. The Bertz CT molecular complexity index is 566. The van der Waals surface area contributed by atoms with Gasteiger partial charge in [-0.2, -0.15) is 0 Å². The molecular formula is C24H46N4O2. The van der Waals surface area contributed by atoms with Gasteiger partial charge in [0.25, 0.3) is 0 Å². The molecule has 0 aliphatic carbocycles. The fourth-order valence-electron chi connectivity index (χ4n) is 6.39. The molecule has 0 spiro atoms. The average molecular weight is 423 g/mol. The van der Waals surface area contributed by atoms with E-state index in [1.54, 1.807) is 13.8 Å². The van der Waals surface area contributed by atoms with E-state index in [9.17, 15) is 9.59 Å². The molecule has 2 heterocycles. The Morgan fingerprint density at radius 1 is 0.633 bits per heavy atom. The van der Waals surface area contributed by atoms with Crippen LogP contribution in [0, 0.1) is 0 Å². The molecule has 2 rings (SSSR count). The van der Waals surface area contributed by atoms with Crippen molar-refractivity contribution in [3.8, 4) is 0 Å². The minimum Gasteiger partial charge on any atom is -0.338 e. The Kier molecular flexibility index (Phi) is 7.05. The highest BCUT2D eigenvalue weighted by Crippen LogP contribution is 2.33. The van der Waals surface area contributed by atoms with Gasteiger partial charge in [0.15, 0.2) is 0 Å². The number of hydrogen-bond donors (Lipinski definition) is 2. The molecule has 6 heteroatoms. The lowest BCUT2D eigenvalue weighted by Crippen LogP contribution is -2.64. The molecule has 0 atom stereocenters. The molecule has 0 saturated carbocycles. The highest BCUT2D eigenvalue weighted by Gasteiger charge is 2.42. The molecule has 6 nitrogen and oxygen atoms in total. The summed E-state index contributed by atoms with van der Waals surface area (Å²) in [4.78, 5) is 29.3. The lowest BCUT2D eigenvalue weighted by atomic mass is 9.78. The summed E-state index contributed by atoms with van der Waals surface area (Å²) >= 11 is 0. The minimum atomic E-state index is -0.0243. The molecule has 0 radical (unpaired) electrons. The number of rotatable bonds is 5. The van der Waals surface area contributed by atoms with Crippen LogP contribution >= 0.6 is 0 Å². The third-order valence-electron chi connectivity index (χ3n) is 6.61. The van der Waals surface area contributed by atoms with Gasteiger partial charge < -0.3 is 20.4 Å². The molecule has 174 valence electrons. The summed E-state index contributed by atoms with van der Waals surface area (Å²) in [6.07, 6.45) is 3.68. The molecule has 0 aromatic carbocycles. The van der Waals surface area contributed by atoms with Crippen LogP contribution in [0.4, 0.5) is 0 Å². The van der Waals surface area contributed by atoms with Crippen LogP contribution in [0.3, 0.4) is 0 Å². The van der Waals surface area contributed by atoms with Gasteiger partial charge in [0.1, 0.15) is 0 Å². The predicted octanol–water partition coefficient (Wildman–Crippen LogP) is 3.30. The van der Waals surface area contributed by atoms with Crippen molar-refractivity contribution in [2.45, 2.75) is 129 Å². The second-order valence-corrected chi connectivity index (χ2v) is 12.3. The Hall–Kier alpha value is -1.14. The van der Waals surface area contributed by atoms with E-state index in [-0.39, 0.29) is 46.1 Å². The number of nitrogens with one attached hydrogen (secondary N) is 2. The zero-order valence-electron chi connectivity index (χ0n) is 21.1. The van der Waals surface area contributed by atoms with Gasteiger partial charge in [0.2, 0.25) is 11.8 Å². The second kappa shape index (κ2) is 8.42. The predicted molar refractivity (Wildman–Crippen MR) is 123 cm³/mol. The van der Waals surface area contributed by atoms with Crippen LogP contribution in [0.5, 0.6) is 0 Å². The Labute approximate surface area is 184 Å². The summed E-state index contributed by atoms with van der Waals surface area (Å²) < 4.78 is 0. The van der Waals surface area contributed by atoms with E-state index in [0.29, 0.717) is 13.1 Å². The quantitative estimate of drug-likeness (QED) is 0.713. The van der Waals surface area contributed by atoms with Gasteiger partial charge >= 0.3 is 0 Å². The first-order valence-electron chi connectivity index (χ1n) is 11.6. The fourth-order valence-corrected chi connectivity index (χ4v) is 6.39. The third kappa shape index (κ3) is 6.68. The Morgan fingerprint density at radius 2 is 0.867 bits per heavy atom. The van der Waals surface area contributed by atoms with E-state index < -0.39 is 0 Å². The number of amides is 2. The smallest absolute Gasteiger partial charge is 0.219 e. The highest BCUT2D eigenvalue weighted by atomic mass is 16.2. The van der Waals surface area contributed by atoms with Gasteiger partial charge in [-0.15, -0.1) is 0 Å². The van der Waals surface area contributed by atoms with E-state index in [4.69, 9.17) is 0 Å². The molecule has 0 bridgehead atoms. The maximum absolute atomic E-state index is 12.6. The zero-order valence-corrected chi connectivity index (χ0v) is 21.1. The summed E-state index contributed by atoms with van der Waals surface area (Å²) in [5.41, 5.74) is -0.0974. The lowest BCUT2D eigenvalue weighted by molar-refractivity contribution is -0.138. The molecule has 2 amide bonds. The fraction of sp³-hybridized carbons (Fsp3) is 0.917. The summed E-state index contributed by atoms with van der Waals surface area (Å²) in [6.45, 7) is 22.2. The molecule has 0 unspecified atom stereocenters. The monoisotopic (exact) mass is 422 g/mol. The second-order valence-electron chi connectivity index (χ2n) is 12.3. The van der Waals surface area contributed by atoms with Crippen molar-refractivity contribution in [3.63, 3.8) is 0 Å². The lowest BCUT2D eigenvalue weighted by Gasteiger charge is -2.51. The summed E-state index contributed by atoms with van der Waals surface area (Å²) in [5, 5.41) is 7.40. The molecule has 0 aromatic rings. The zero-order chi connectivity index (χ0) is 23.1. The van der Waals surface area contributed by atoms with Crippen LogP contribution in [-0.4, -0.2) is 68.9 Å². The van der Waals surface area contributed by atoms with Crippen LogP contribution in [0.2, 0.25) is 0 Å². The Balaban J connectivity index is 2.16. The number of hydrogen-bond acceptors (Lipinski definition) is 4. The van der Waals surface area contributed by atoms with Crippen LogP contribution in [0.25, 0.3) is 0 Å². The van der Waals surface area contributed by atoms with Crippen molar-refractivity contribution in [2.75, 3.05) is 13.1 Å². The van der Waals surface area contributed by atoms with Crippen molar-refractivity contribution in [1.82, 2.24) is 20.4 Å². The maximum Gasteiger partial charge on any atom is 0.219 e. The van der Waals surface area contributed by atoms with E-state index in [0.717, 1.165) is 25.7 Å². The first kappa shape index (κ1) is 25.1. The number of piperidine rings is 2. The molecule has 2 aliphatic rings. The van der Waals surface area contributed by atoms with Gasteiger partial charge in [-0.3, -0.25) is 9.59 Å². The molecule has 2 N–H and O–H groups in total. The standard InChI is InChI=1S/C24H46N4O2/c1-17(29)27(19-13-21(3,4)25-22(5,6)14-19)11-12-28(18(2)30)20-15-23(7,8)26-24(9,10)16-20/h19-20,25-26H,11-16H2,1-10H3. The van der Waals surface area contributed by atoms with Crippen molar-refractivity contribution >= 4 is 11.8 Å². The van der Waals surface area contributed by atoms with Crippen molar-refractivity contribution in [2.24, 2.45) is 0 Å². The molecule has 0 aromatic heterocycles. The van der Waals surface area contributed by atoms with E-state index in [1.807, 2.05) is 9.80 Å². The van der Waals surface area contributed by atoms with Crippen molar-refractivity contribution in [1.29, 1.82) is 0 Å². The van der Waals surface area contributed by atoms with Gasteiger partial charge in [0.05, 0.1) is 0 Å². The van der Waals surface area contributed by atoms with E-state index in [1.165, 1.54) is 0 Å². The number of carbonyl (C=O) groups is 2. The maximum atomic E-state index is 12.6. The summed E-state index contributed by atoms with van der Waals surface area (Å²) in [5.74, 6) is 0.200. The van der Waals surface area contributed by atoms with Gasteiger partial charge in [0, 0.05) is 61.2 Å². The summed E-state index contributed by atoms with van der Waals surface area (Å²) in [7, 11) is 0. The van der Waals surface area contributed by atoms with Crippen LogP contribution in [0.1, 0.15) is 94.9 Å². The highest BCUT2D eigenvalue weighted by molar-refractivity contribution is 5.75. The molecule has 2 saturated heterocycles. The van der Waals surface area contributed by atoms with Crippen LogP contribution in [0.15, 0.2) is 0 Å². The van der Waals surface area contributed by atoms with Crippen molar-refractivity contribution < 1.29 is 9.59 Å².